The third kappa shape index (κ3) is 10.0. The molecular formula is C27H27ClF7N3O5Si. The quantitative estimate of drug-likeness (QED) is 0.286. The molecule has 2 aromatic carbocycles. The van der Waals surface area contributed by atoms with E-state index in [-0.39, 0.29) is 45.4 Å². The average Bonchev–Trinajstić information content (AvgIpc) is 3.10. The molecule has 44 heavy (non-hydrogen) atoms. The maximum Gasteiger partial charge on any atom is 0.416 e. The minimum absolute atomic E-state index is 0.0285. The summed E-state index contributed by atoms with van der Waals surface area (Å²) in [6.07, 6.45) is -11.3. The Morgan fingerprint density at radius 2 is 1.61 bits per heavy atom. The molecule has 1 saturated heterocycles. The molecule has 1 fully saturated rings. The second kappa shape index (κ2) is 13.6. The summed E-state index contributed by atoms with van der Waals surface area (Å²) in [6.45, 7) is 3.85. The van der Waals surface area contributed by atoms with Crippen LogP contribution < -0.4 is 15.4 Å². The van der Waals surface area contributed by atoms with Crippen molar-refractivity contribution in [2.24, 2.45) is 0 Å². The van der Waals surface area contributed by atoms with Gasteiger partial charge in [-0.25, -0.2) is 9.18 Å². The van der Waals surface area contributed by atoms with Gasteiger partial charge >= 0.3 is 18.4 Å². The van der Waals surface area contributed by atoms with E-state index < -0.39 is 76.8 Å². The first-order valence-electron chi connectivity index (χ1n) is 12.9. The molecule has 2 aromatic rings. The molecule has 0 unspecified atom stereocenters. The van der Waals surface area contributed by atoms with E-state index in [1.807, 2.05) is 0 Å². The van der Waals surface area contributed by atoms with Crippen LogP contribution in [-0.2, 0) is 26.7 Å². The van der Waals surface area contributed by atoms with Crippen LogP contribution in [0.15, 0.2) is 36.4 Å². The van der Waals surface area contributed by atoms with Gasteiger partial charge in [-0.1, -0.05) is 17.6 Å². The van der Waals surface area contributed by atoms with E-state index in [2.05, 4.69) is 10.6 Å². The van der Waals surface area contributed by atoms with E-state index in [0.717, 1.165) is 11.0 Å². The van der Waals surface area contributed by atoms with Crippen molar-refractivity contribution in [2.75, 3.05) is 18.5 Å². The van der Waals surface area contributed by atoms with Crippen molar-refractivity contribution in [1.82, 2.24) is 10.2 Å². The van der Waals surface area contributed by atoms with E-state index in [4.69, 9.17) is 21.1 Å². The number of carbonyl (C=O) groups excluding carboxylic acids is 3. The van der Waals surface area contributed by atoms with Gasteiger partial charge in [0.25, 0.3) is 5.91 Å². The van der Waals surface area contributed by atoms with Crippen molar-refractivity contribution in [3.63, 3.8) is 0 Å². The highest BCUT2D eigenvalue weighted by atomic mass is 35.5. The molecule has 0 spiro atoms. The van der Waals surface area contributed by atoms with Gasteiger partial charge in [0.1, 0.15) is 23.2 Å². The standard InChI is InChI=1S/C27H27ClF7N3O5Si/c1-25(2,3)43-24(41)38-12-22(37-21(39)13-42-17-4-5-18(28)19(29)11-17)44-7-6-20(38)23(40)36-16-9-14(26(30,31)32)8-15(10-16)27(33,34)35/h4-5,8-11,20,22H,6-7,12-13H2,1-3H3,(H,36,40)(H,37,39)/t20-,22+/m1/s1. The second-order valence-corrected chi connectivity index (χ2v) is 12.7. The summed E-state index contributed by atoms with van der Waals surface area (Å²) in [7, 11) is -0.0519. The van der Waals surface area contributed by atoms with E-state index in [0.29, 0.717) is 12.1 Å². The van der Waals surface area contributed by atoms with E-state index >= 15 is 0 Å². The number of carbonyl (C=O) groups is 3. The predicted octanol–water partition coefficient (Wildman–Crippen LogP) is 6.11. The Kier molecular flexibility index (Phi) is 10.8. The summed E-state index contributed by atoms with van der Waals surface area (Å²) < 4.78 is 104. The first-order chi connectivity index (χ1) is 20.2. The van der Waals surface area contributed by atoms with Crippen molar-refractivity contribution in [2.45, 2.75) is 62.9 Å². The van der Waals surface area contributed by atoms with Gasteiger partial charge in [0.15, 0.2) is 6.61 Å². The predicted molar refractivity (Wildman–Crippen MR) is 146 cm³/mol. The zero-order chi connectivity index (χ0) is 33.0. The van der Waals surface area contributed by atoms with Gasteiger partial charge in [0, 0.05) is 24.0 Å². The van der Waals surface area contributed by atoms with Crippen LogP contribution in [0, 0.1) is 5.82 Å². The third-order valence-corrected chi connectivity index (χ3v) is 7.65. The number of rotatable bonds is 6. The van der Waals surface area contributed by atoms with Gasteiger partial charge in [-0.05, 0) is 57.5 Å². The van der Waals surface area contributed by atoms with Crippen LogP contribution in [0.5, 0.6) is 5.75 Å². The lowest BCUT2D eigenvalue weighted by molar-refractivity contribution is -0.143. The Morgan fingerprint density at radius 1 is 1.00 bits per heavy atom. The number of amides is 3. The fourth-order valence-corrected chi connectivity index (χ4v) is 5.53. The van der Waals surface area contributed by atoms with Gasteiger partial charge < -0.3 is 20.1 Å². The number of nitrogens with zero attached hydrogens (tertiary/aromatic N) is 1. The average molecular weight is 670 g/mol. The van der Waals surface area contributed by atoms with Crippen molar-refractivity contribution >= 4 is 44.7 Å². The molecule has 2 atom stereocenters. The molecule has 1 heterocycles. The summed E-state index contributed by atoms with van der Waals surface area (Å²) in [4.78, 5) is 40.0. The highest BCUT2D eigenvalue weighted by molar-refractivity contribution is 6.38. The largest absolute Gasteiger partial charge is 0.484 e. The molecule has 0 bridgehead atoms. The van der Waals surface area contributed by atoms with Crippen LogP contribution >= 0.6 is 11.6 Å². The summed E-state index contributed by atoms with van der Waals surface area (Å²) in [5.74, 6) is -2.42. The molecule has 2 N–H and O–H groups in total. The van der Waals surface area contributed by atoms with Gasteiger partial charge in [-0.3, -0.25) is 14.5 Å². The fraction of sp³-hybridized carbons (Fsp3) is 0.444. The topological polar surface area (TPSA) is 97.0 Å². The molecule has 3 amide bonds. The molecule has 8 nitrogen and oxygen atoms in total. The molecule has 2 radical (unpaired) electrons. The molecule has 3 rings (SSSR count). The number of anilines is 1. The van der Waals surface area contributed by atoms with Gasteiger partial charge in [0.05, 0.1) is 25.7 Å². The van der Waals surface area contributed by atoms with Crippen molar-refractivity contribution in [3.05, 3.63) is 58.4 Å². The number of ether oxygens (including phenoxy) is 2. The van der Waals surface area contributed by atoms with Gasteiger partial charge in [0.2, 0.25) is 5.91 Å². The van der Waals surface area contributed by atoms with E-state index in [1.165, 1.54) is 12.1 Å². The summed E-state index contributed by atoms with van der Waals surface area (Å²) in [6, 6.07) is 3.11. The van der Waals surface area contributed by atoms with E-state index in [9.17, 15) is 45.1 Å². The van der Waals surface area contributed by atoms with E-state index in [1.54, 1.807) is 20.8 Å². The molecule has 0 saturated carbocycles. The number of hydrogen-bond acceptors (Lipinski definition) is 5. The maximum atomic E-state index is 13.6. The van der Waals surface area contributed by atoms with Crippen LogP contribution in [-0.4, -0.2) is 62.8 Å². The summed E-state index contributed by atoms with van der Waals surface area (Å²) in [5, 5.41) is 4.60. The summed E-state index contributed by atoms with van der Waals surface area (Å²) in [5.41, 5.74) is -5.77. The monoisotopic (exact) mass is 669 g/mol. The van der Waals surface area contributed by atoms with Crippen molar-refractivity contribution in [1.29, 1.82) is 0 Å². The number of alkyl halides is 6. The number of benzene rings is 2. The molecule has 1 aliphatic rings. The van der Waals surface area contributed by atoms with Crippen LogP contribution in [0.3, 0.4) is 0 Å². The van der Waals surface area contributed by atoms with Crippen LogP contribution in [0.25, 0.3) is 0 Å². The second-order valence-electron chi connectivity index (χ2n) is 10.7. The van der Waals surface area contributed by atoms with Gasteiger partial charge in [-0.15, -0.1) is 0 Å². The zero-order valence-corrected chi connectivity index (χ0v) is 25.2. The molecule has 17 heteroatoms. The molecule has 0 aromatic heterocycles. The normalized spacial score (nSPS) is 17.8. The Morgan fingerprint density at radius 3 is 2.16 bits per heavy atom. The third-order valence-electron chi connectivity index (χ3n) is 5.95. The Bertz CT molecular complexity index is 1350. The fourth-order valence-electron chi connectivity index (χ4n) is 4.03. The first kappa shape index (κ1) is 35.0. The van der Waals surface area contributed by atoms with Gasteiger partial charge in [-0.2, -0.15) is 26.3 Å². The maximum absolute atomic E-state index is 13.6. The highest BCUT2D eigenvalue weighted by Crippen LogP contribution is 2.37. The number of nitrogens with one attached hydrogen (secondary N) is 2. The zero-order valence-electron chi connectivity index (χ0n) is 23.5. The number of hydrogen-bond donors (Lipinski definition) is 2. The van der Waals surface area contributed by atoms with Crippen LogP contribution in [0.1, 0.15) is 38.3 Å². The number of halogens is 8. The van der Waals surface area contributed by atoms with Crippen LogP contribution in [0.2, 0.25) is 11.1 Å². The summed E-state index contributed by atoms with van der Waals surface area (Å²) >= 11 is 5.63. The van der Waals surface area contributed by atoms with Crippen molar-refractivity contribution < 1.29 is 54.6 Å². The minimum Gasteiger partial charge on any atom is -0.484 e. The van der Waals surface area contributed by atoms with Crippen LogP contribution in [0.4, 0.5) is 41.2 Å². The highest BCUT2D eigenvalue weighted by Gasteiger charge is 2.39. The SMILES string of the molecule is CC(C)(C)OC(=O)N1C[C@@H](NC(=O)COc2ccc(Cl)c(F)c2)[Si]CC[C@@H]1C(=O)Nc1cc(C(F)(F)F)cc(C(F)(F)F)c1. The molecular weight excluding hydrogens is 643 g/mol. The smallest absolute Gasteiger partial charge is 0.416 e. The first-order valence-corrected chi connectivity index (χ1v) is 14.6. The van der Waals surface area contributed by atoms with Crippen molar-refractivity contribution in [3.8, 4) is 5.75 Å². The lowest BCUT2D eigenvalue weighted by atomic mass is 10.1. The Balaban J connectivity index is 1.80. The lowest BCUT2D eigenvalue weighted by Gasteiger charge is -2.33. The minimum atomic E-state index is -5.14. The molecule has 0 aliphatic carbocycles. The molecule has 240 valence electrons. The lowest BCUT2D eigenvalue weighted by Crippen LogP contribution is -2.54. The molecule has 1 aliphatic heterocycles. The Hall–Kier alpha value is -3.53. The Labute approximate surface area is 255 Å².